The molecule has 0 heterocycles. The summed E-state index contributed by atoms with van der Waals surface area (Å²) < 4.78 is 13.5. The van der Waals surface area contributed by atoms with Crippen LogP contribution in [0.2, 0.25) is 5.02 Å². The topological polar surface area (TPSA) is 12.0 Å². The molecule has 1 aromatic carbocycles. The van der Waals surface area contributed by atoms with E-state index in [9.17, 15) is 4.39 Å². The number of rotatable bonds is 6. The van der Waals surface area contributed by atoms with E-state index in [-0.39, 0.29) is 5.82 Å². The first kappa shape index (κ1) is 13.1. The zero-order chi connectivity index (χ0) is 12.3. The maximum absolute atomic E-state index is 13.5. The quantitative estimate of drug-likeness (QED) is 0.775. The molecule has 0 unspecified atom stereocenters. The highest BCUT2D eigenvalue weighted by Gasteiger charge is 2.41. The molecule has 1 saturated carbocycles. The molecule has 1 nitrogen and oxygen atoms in total. The molecular formula is C13H16Cl2FN. The largest absolute Gasteiger partial charge is 0.312 e. The molecule has 0 aliphatic heterocycles. The number of halogens is 3. The standard InChI is InChI=1S/C13H16Cl2FN/c14-7-6-13(4-5-13)9-17-8-10-11(15)2-1-3-12(10)16/h1-3,17H,4-9H2. The van der Waals surface area contributed by atoms with Gasteiger partial charge in [-0.15, -0.1) is 11.6 Å². The summed E-state index contributed by atoms with van der Waals surface area (Å²) >= 11 is 11.7. The molecule has 0 bridgehead atoms. The number of hydrogen-bond acceptors (Lipinski definition) is 1. The van der Waals surface area contributed by atoms with Crippen molar-refractivity contribution in [3.8, 4) is 0 Å². The monoisotopic (exact) mass is 275 g/mol. The van der Waals surface area contributed by atoms with E-state index in [4.69, 9.17) is 23.2 Å². The molecule has 1 N–H and O–H groups in total. The third-order valence-corrected chi connectivity index (χ3v) is 3.99. The fraction of sp³-hybridized carbons (Fsp3) is 0.538. The normalized spacial score (nSPS) is 17.1. The maximum atomic E-state index is 13.5. The lowest BCUT2D eigenvalue weighted by Gasteiger charge is -2.15. The zero-order valence-corrected chi connectivity index (χ0v) is 11.1. The van der Waals surface area contributed by atoms with Gasteiger partial charge in [0.15, 0.2) is 0 Å². The zero-order valence-electron chi connectivity index (χ0n) is 9.61. The lowest BCUT2D eigenvalue weighted by molar-refractivity contribution is 0.442. The van der Waals surface area contributed by atoms with E-state index in [1.165, 1.54) is 18.9 Å². The van der Waals surface area contributed by atoms with Crippen molar-refractivity contribution in [2.75, 3.05) is 12.4 Å². The van der Waals surface area contributed by atoms with Crippen molar-refractivity contribution < 1.29 is 4.39 Å². The van der Waals surface area contributed by atoms with Gasteiger partial charge in [0, 0.05) is 29.6 Å². The maximum Gasteiger partial charge on any atom is 0.129 e. The predicted molar refractivity (Wildman–Crippen MR) is 70.1 cm³/mol. The van der Waals surface area contributed by atoms with Gasteiger partial charge in [-0.1, -0.05) is 17.7 Å². The fourth-order valence-electron chi connectivity index (χ4n) is 2.05. The van der Waals surface area contributed by atoms with Gasteiger partial charge < -0.3 is 5.32 Å². The van der Waals surface area contributed by atoms with E-state index in [0.29, 0.717) is 28.4 Å². The van der Waals surface area contributed by atoms with Gasteiger partial charge in [0.2, 0.25) is 0 Å². The number of benzene rings is 1. The Bertz CT molecular complexity index is 371. The van der Waals surface area contributed by atoms with Crippen LogP contribution < -0.4 is 5.32 Å². The van der Waals surface area contributed by atoms with E-state index >= 15 is 0 Å². The summed E-state index contributed by atoms with van der Waals surface area (Å²) in [6, 6.07) is 4.78. The van der Waals surface area contributed by atoms with Crippen LogP contribution in [0.5, 0.6) is 0 Å². The molecule has 0 atom stereocenters. The van der Waals surface area contributed by atoms with Crippen LogP contribution in [-0.4, -0.2) is 12.4 Å². The molecule has 0 radical (unpaired) electrons. The second kappa shape index (κ2) is 5.55. The van der Waals surface area contributed by atoms with Gasteiger partial charge in [-0.2, -0.15) is 0 Å². The van der Waals surface area contributed by atoms with Crippen molar-refractivity contribution in [3.63, 3.8) is 0 Å². The summed E-state index contributed by atoms with van der Waals surface area (Å²) in [5.41, 5.74) is 0.912. The van der Waals surface area contributed by atoms with Crippen LogP contribution in [0.1, 0.15) is 24.8 Å². The molecule has 94 valence electrons. The van der Waals surface area contributed by atoms with Crippen LogP contribution in [0.15, 0.2) is 18.2 Å². The van der Waals surface area contributed by atoms with Crippen LogP contribution in [0.3, 0.4) is 0 Å². The Kier molecular flexibility index (Phi) is 4.29. The molecule has 1 aliphatic rings. The van der Waals surface area contributed by atoms with Crippen molar-refractivity contribution in [2.45, 2.75) is 25.8 Å². The number of nitrogens with one attached hydrogen (secondary N) is 1. The average molecular weight is 276 g/mol. The van der Waals surface area contributed by atoms with Crippen LogP contribution >= 0.6 is 23.2 Å². The molecule has 0 amide bonds. The Balaban J connectivity index is 1.86. The fourth-order valence-corrected chi connectivity index (χ4v) is 2.68. The summed E-state index contributed by atoms with van der Waals surface area (Å²) in [4.78, 5) is 0. The second-order valence-electron chi connectivity index (χ2n) is 4.74. The highest BCUT2D eigenvalue weighted by molar-refractivity contribution is 6.31. The molecule has 1 aliphatic carbocycles. The van der Waals surface area contributed by atoms with Crippen molar-refractivity contribution >= 4 is 23.2 Å². The Labute approximate surface area is 111 Å². The number of alkyl halides is 1. The van der Waals surface area contributed by atoms with Gasteiger partial charge in [-0.25, -0.2) is 4.39 Å². The van der Waals surface area contributed by atoms with E-state index in [1.54, 1.807) is 12.1 Å². The van der Waals surface area contributed by atoms with Gasteiger partial charge in [-0.05, 0) is 36.8 Å². The van der Waals surface area contributed by atoms with Gasteiger partial charge in [0.1, 0.15) is 5.82 Å². The van der Waals surface area contributed by atoms with Crippen LogP contribution in [0.25, 0.3) is 0 Å². The summed E-state index contributed by atoms with van der Waals surface area (Å²) in [5.74, 6) is 0.453. The van der Waals surface area contributed by atoms with Gasteiger partial charge in [0.05, 0.1) is 0 Å². The minimum Gasteiger partial charge on any atom is -0.312 e. The molecule has 2 rings (SSSR count). The molecule has 4 heteroatoms. The first-order valence-electron chi connectivity index (χ1n) is 5.86. The SMILES string of the molecule is Fc1cccc(Cl)c1CNCC1(CCCl)CC1. The third kappa shape index (κ3) is 3.34. The molecule has 1 fully saturated rings. The average Bonchev–Trinajstić information content (AvgIpc) is 3.03. The van der Waals surface area contributed by atoms with Crippen molar-refractivity contribution in [1.82, 2.24) is 5.32 Å². The lowest BCUT2D eigenvalue weighted by Crippen LogP contribution is -2.24. The summed E-state index contributed by atoms with van der Waals surface area (Å²) in [5, 5.41) is 3.77. The van der Waals surface area contributed by atoms with Crippen molar-refractivity contribution in [1.29, 1.82) is 0 Å². The third-order valence-electron chi connectivity index (χ3n) is 3.45. The number of hydrogen-bond donors (Lipinski definition) is 1. The van der Waals surface area contributed by atoms with E-state index in [2.05, 4.69) is 5.32 Å². The molecule has 0 aromatic heterocycles. The smallest absolute Gasteiger partial charge is 0.129 e. The summed E-state index contributed by atoms with van der Waals surface area (Å²) in [6.07, 6.45) is 3.47. The Morgan fingerprint density at radius 2 is 2.12 bits per heavy atom. The molecule has 17 heavy (non-hydrogen) atoms. The Hall–Kier alpha value is -0.310. The van der Waals surface area contributed by atoms with Crippen LogP contribution in [-0.2, 0) is 6.54 Å². The van der Waals surface area contributed by atoms with Gasteiger partial charge in [-0.3, -0.25) is 0 Å². The van der Waals surface area contributed by atoms with Gasteiger partial charge >= 0.3 is 0 Å². The first-order chi connectivity index (χ1) is 8.17. The molecule has 1 aromatic rings. The van der Waals surface area contributed by atoms with Crippen molar-refractivity contribution in [3.05, 3.63) is 34.6 Å². The summed E-state index contributed by atoms with van der Waals surface area (Å²) in [7, 11) is 0. The van der Waals surface area contributed by atoms with E-state index in [0.717, 1.165) is 13.0 Å². The van der Waals surface area contributed by atoms with Crippen molar-refractivity contribution in [2.24, 2.45) is 5.41 Å². The summed E-state index contributed by atoms with van der Waals surface area (Å²) in [6.45, 7) is 1.37. The highest BCUT2D eigenvalue weighted by atomic mass is 35.5. The molecule has 0 saturated heterocycles. The highest BCUT2D eigenvalue weighted by Crippen LogP contribution is 2.48. The minimum atomic E-state index is -0.243. The van der Waals surface area contributed by atoms with Crippen LogP contribution in [0, 0.1) is 11.2 Å². The lowest BCUT2D eigenvalue weighted by atomic mass is 10.0. The predicted octanol–water partition coefficient (Wildman–Crippen LogP) is 3.98. The van der Waals surface area contributed by atoms with Gasteiger partial charge in [0.25, 0.3) is 0 Å². The van der Waals surface area contributed by atoms with E-state index in [1.807, 2.05) is 0 Å². The molecular weight excluding hydrogens is 260 g/mol. The Morgan fingerprint density at radius 3 is 2.71 bits per heavy atom. The van der Waals surface area contributed by atoms with E-state index < -0.39 is 0 Å². The molecule has 0 spiro atoms. The Morgan fingerprint density at radius 1 is 1.35 bits per heavy atom. The minimum absolute atomic E-state index is 0.243. The first-order valence-corrected chi connectivity index (χ1v) is 6.78. The van der Waals surface area contributed by atoms with Crippen LogP contribution in [0.4, 0.5) is 4.39 Å². The second-order valence-corrected chi connectivity index (χ2v) is 5.53.